The first-order valence-electron chi connectivity index (χ1n) is 6.31. The molecule has 0 bridgehead atoms. The summed E-state index contributed by atoms with van der Waals surface area (Å²) in [5.74, 6) is 0.892. The van der Waals surface area contributed by atoms with Crippen molar-refractivity contribution in [1.29, 1.82) is 0 Å². The zero-order valence-corrected chi connectivity index (χ0v) is 11.1. The Kier molecular flexibility index (Phi) is 4.36. The van der Waals surface area contributed by atoms with Gasteiger partial charge in [0, 0.05) is 25.6 Å². The van der Waals surface area contributed by atoms with E-state index in [1.54, 1.807) is 0 Å². The average Bonchev–Trinajstić information content (AvgIpc) is 2.47. The number of nitrogens with zero attached hydrogens (tertiary/aromatic N) is 1. The maximum atomic E-state index is 11.9. The van der Waals surface area contributed by atoms with E-state index >= 15 is 0 Å². The van der Waals surface area contributed by atoms with Gasteiger partial charge >= 0.3 is 0 Å². The summed E-state index contributed by atoms with van der Waals surface area (Å²) in [6, 6.07) is 0.00315. The summed E-state index contributed by atoms with van der Waals surface area (Å²) in [5.41, 5.74) is 6.22. The Morgan fingerprint density at radius 3 is 2.56 bits per heavy atom. The van der Waals surface area contributed by atoms with Gasteiger partial charge < -0.3 is 10.6 Å². The first-order chi connectivity index (χ1) is 7.28. The van der Waals surface area contributed by atoms with Crippen LogP contribution in [-0.2, 0) is 4.79 Å². The molecule has 3 nitrogen and oxygen atoms in total. The first kappa shape index (κ1) is 13.5. The van der Waals surface area contributed by atoms with Crippen LogP contribution in [0.3, 0.4) is 0 Å². The van der Waals surface area contributed by atoms with Gasteiger partial charge in [0.2, 0.25) is 5.91 Å². The van der Waals surface area contributed by atoms with E-state index in [-0.39, 0.29) is 17.4 Å². The second kappa shape index (κ2) is 5.17. The lowest BCUT2D eigenvalue weighted by molar-refractivity contribution is -0.130. The maximum absolute atomic E-state index is 11.9. The quantitative estimate of drug-likeness (QED) is 0.800. The van der Waals surface area contributed by atoms with Gasteiger partial charge in [-0.1, -0.05) is 27.7 Å². The lowest BCUT2D eigenvalue weighted by Gasteiger charge is -2.24. The minimum Gasteiger partial charge on any atom is -0.342 e. The third-order valence-electron chi connectivity index (χ3n) is 3.09. The number of rotatable bonds is 3. The number of likely N-dealkylation sites (tertiary alicyclic amines) is 1. The summed E-state index contributed by atoms with van der Waals surface area (Å²) < 4.78 is 0. The molecule has 2 unspecified atom stereocenters. The fraction of sp³-hybridized carbons (Fsp3) is 0.923. The molecule has 0 radical (unpaired) electrons. The van der Waals surface area contributed by atoms with Crippen molar-refractivity contribution in [2.24, 2.45) is 17.1 Å². The molecule has 1 heterocycles. The Balaban J connectivity index is 2.34. The smallest absolute Gasteiger partial charge is 0.224 e. The van der Waals surface area contributed by atoms with Crippen LogP contribution in [0, 0.1) is 11.3 Å². The molecule has 0 aliphatic carbocycles. The van der Waals surface area contributed by atoms with Crippen molar-refractivity contribution in [3.05, 3.63) is 0 Å². The van der Waals surface area contributed by atoms with Crippen molar-refractivity contribution in [3.8, 4) is 0 Å². The van der Waals surface area contributed by atoms with Gasteiger partial charge in [-0.15, -0.1) is 0 Å². The molecule has 0 aromatic heterocycles. The fourth-order valence-electron chi connectivity index (χ4n) is 2.37. The molecule has 0 spiro atoms. The molecule has 2 atom stereocenters. The maximum Gasteiger partial charge on any atom is 0.224 e. The molecular formula is C13H26N2O. The molecule has 1 aliphatic rings. The summed E-state index contributed by atoms with van der Waals surface area (Å²) in [6.07, 6.45) is 2.55. The largest absolute Gasteiger partial charge is 0.342 e. The molecule has 0 aromatic rings. The van der Waals surface area contributed by atoms with Crippen LogP contribution in [-0.4, -0.2) is 29.9 Å². The molecule has 0 aromatic carbocycles. The van der Waals surface area contributed by atoms with Gasteiger partial charge in [0.1, 0.15) is 0 Å². The number of amides is 1. The zero-order valence-electron chi connectivity index (χ0n) is 11.1. The zero-order chi connectivity index (χ0) is 12.3. The second-order valence-electron chi connectivity index (χ2n) is 6.46. The summed E-state index contributed by atoms with van der Waals surface area (Å²) in [6.45, 7) is 10.5. The van der Waals surface area contributed by atoms with Gasteiger partial charge in [-0.25, -0.2) is 0 Å². The van der Waals surface area contributed by atoms with Crippen molar-refractivity contribution in [1.82, 2.24) is 4.90 Å². The number of carbonyl (C=O) groups excluding carboxylic acids is 1. The lowest BCUT2D eigenvalue weighted by Crippen LogP contribution is -2.36. The molecule has 3 heteroatoms. The van der Waals surface area contributed by atoms with Crippen molar-refractivity contribution >= 4 is 5.91 Å². The third kappa shape index (κ3) is 4.52. The minimum atomic E-state index is 0.00315. The Bertz CT molecular complexity index is 245. The molecule has 94 valence electrons. The number of nitrogens with two attached hydrogens (primary N) is 1. The predicted molar refractivity (Wildman–Crippen MR) is 67.0 cm³/mol. The van der Waals surface area contributed by atoms with Gasteiger partial charge in [0.15, 0.2) is 0 Å². The standard InChI is InChI=1S/C13H26N2O/c1-10-5-6-15(9-10)12(16)7-11(14)8-13(2,3)4/h10-11H,5-9,14H2,1-4H3. The minimum absolute atomic E-state index is 0.00315. The van der Waals surface area contributed by atoms with Crippen LogP contribution in [0.2, 0.25) is 0 Å². The predicted octanol–water partition coefficient (Wildman–Crippen LogP) is 2.01. The van der Waals surface area contributed by atoms with Crippen LogP contribution in [0.25, 0.3) is 0 Å². The van der Waals surface area contributed by atoms with E-state index < -0.39 is 0 Å². The van der Waals surface area contributed by atoms with E-state index in [0.717, 1.165) is 25.9 Å². The highest BCUT2D eigenvalue weighted by molar-refractivity contribution is 5.77. The summed E-state index contributed by atoms with van der Waals surface area (Å²) in [5, 5.41) is 0. The molecule has 2 N–H and O–H groups in total. The summed E-state index contributed by atoms with van der Waals surface area (Å²) in [4.78, 5) is 13.9. The van der Waals surface area contributed by atoms with Crippen LogP contribution in [0.4, 0.5) is 0 Å². The lowest BCUT2D eigenvalue weighted by atomic mass is 9.87. The second-order valence-corrected chi connectivity index (χ2v) is 6.46. The molecule has 1 amide bonds. The van der Waals surface area contributed by atoms with Gasteiger partial charge in [0.05, 0.1) is 0 Å². The monoisotopic (exact) mass is 226 g/mol. The SMILES string of the molecule is CC1CCN(C(=O)CC(N)CC(C)(C)C)C1. The molecular weight excluding hydrogens is 200 g/mol. The topological polar surface area (TPSA) is 46.3 Å². The number of hydrogen-bond acceptors (Lipinski definition) is 2. The molecule has 1 rings (SSSR count). The molecule has 1 fully saturated rings. The number of hydrogen-bond donors (Lipinski definition) is 1. The van der Waals surface area contributed by atoms with Gasteiger partial charge in [-0.3, -0.25) is 4.79 Å². The Labute approximate surface area is 99.4 Å². The van der Waals surface area contributed by atoms with E-state index in [1.807, 2.05) is 4.90 Å². The van der Waals surface area contributed by atoms with Crippen molar-refractivity contribution in [3.63, 3.8) is 0 Å². The highest BCUT2D eigenvalue weighted by Gasteiger charge is 2.25. The Morgan fingerprint density at radius 2 is 2.12 bits per heavy atom. The van der Waals surface area contributed by atoms with E-state index in [0.29, 0.717) is 12.3 Å². The first-order valence-corrected chi connectivity index (χ1v) is 6.31. The van der Waals surface area contributed by atoms with Gasteiger partial charge in [0.25, 0.3) is 0 Å². The molecule has 1 aliphatic heterocycles. The van der Waals surface area contributed by atoms with Crippen LogP contribution < -0.4 is 5.73 Å². The van der Waals surface area contributed by atoms with Crippen molar-refractivity contribution in [2.75, 3.05) is 13.1 Å². The summed E-state index contributed by atoms with van der Waals surface area (Å²) >= 11 is 0. The van der Waals surface area contributed by atoms with E-state index in [2.05, 4.69) is 27.7 Å². The third-order valence-corrected chi connectivity index (χ3v) is 3.09. The van der Waals surface area contributed by atoms with Crippen LogP contribution in [0.15, 0.2) is 0 Å². The van der Waals surface area contributed by atoms with E-state index in [9.17, 15) is 4.79 Å². The van der Waals surface area contributed by atoms with Gasteiger partial charge in [-0.2, -0.15) is 0 Å². The summed E-state index contributed by atoms with van der Waals surface area (Å²) in [7, 11) is 0. The fourth-order valence-corrected chi connectivity index (χ4v) is 2.37. The van der Waals surface area contributed by atoms with Gasteiger partial charge in [-0.05, 0) is 24.2 Å². The van der Waals surface area contributed by atoms with E-state index in [4.69, 9.17) is 5.73 Å². The van der Waals surface area contributed by atoms with Crippen molar-refractivity contribution in [2.45, 2.75) is 53.0 Å². The van der Waals surface area contributed by atoms with E-state index in [1.165, 1.54) is 0 Å². The highest BCUT2D eigenvalue weighted by atomic mass is 16.2. The molecule has 1 saturated heterocycles. The number of carbonyl (C=O) groups is 1. The molecule has 16 heavy (non-hydrogen) atoms. The Hall–Kier alpha value is -0.570. The van der Waals surface area contributed by atoms with Crippen LogP contribution in [0.5, 0.6) is 0 Å². The van der Waals surface area contributed by atoms with Crippen LogP contribution >= 0.6 is 0 Å². The normalized spacial score (nSPS) is 23.6. The average molecular weight is 226 g/mol. The van der Waals surface area contributed by atoms with Crippen molar-refractivity contribution < 1.29 is 4.79 Å². The molecule has 0 saturated carbocycles. The Morgan fingerprint density at radius 1 is 1.50 bits per heavy atom. The van der Waals surface area contributed by atoms with Crippen LogP contribution in [0.1, 0.15) is 47.0 Å². The highest BCUT2D eigenvalue weighted by Crippen LogP contribution is 2.22.